The second-order valence-electron chi connectivity index (χ2n) is 3.92. The summed E-state index contributed by atoms with van der Waals surface area (Å²) in [6.07, 6.45) is 2.20. The van der Waals surface area contributed by atoms with E-state index in [0.29, 0.717) is 0 Å². The summed E-state index contributed by atoms with van der Waals surface area (Å²) in [7, 11) is 0. The number of rotatable bonds is 3. The highest BCUT2D eigenvalue weighted by atomic mass is 16.3. The van der Waals surface area contributed by atoms with Gasteiger partial charge in [-0.3, -0.25) is 0 Å². The summed E-state index contributed by atoms with van der Waals surface area (Å²) in [5.41, 5.74) is 1.05. The van der Waals surface area contributed by atoms with Gasteiger partial charge in [-0.1, -0.05) is 48.6 Å². The van der Waals surface area contributed by atoms with Crippen LogP contribution in [0.2, 0.25) is 0 Å². The summed E-state index contributed by atoms with van der Waals surface area (Å²) in [5.74, 6) is -0.250. The molecule has 2 rings (SSSR count). The van der Waals surface area contributed by atoms with Gasteiger partial charge in [0, 0.05) is 0 Å². The van der Waals surface area contributed by atoms with Crippen molar-refractivity contribution in [3.63, 3.8) is 0 Å². The van der Waals surface area contributed by atoms with E-state index in [1.165, 1.54) is 24.3 Å². The van der Waals surface area contributed by atoms with E-state index in [2.05, 4.69) is 0 Å². The van der Waals surface area contributed by atoms with Gasteiger partial charge in [0.15, 0.2) is 0 Å². The van der Waals surface area contributed by atoms with Crippen molar-refractivity contribution in [1.82, 2.24) is 0 Å². The van der Waals surface area contributed by atoms with Crippen LogP contribution in [-0.4, -0.2) is 15.3 Å². The van der Waals surface area contributed by atoms with Crippen molar-refractivity contribution in [3.8, 4) is 11.5 Å². The molecule has 0 spiro atoms. The van der Waals surface area contributed by atoms with Crippen molar-refractivity contribution in [1.29, 1.82) is 0 Å². The van der Waals surface area contributed by atoms with Crippen molar-refractivity contribution in [2.24, 2.45) is 0 Å². The molecule has 2 aromatic rings. The Hall–Kier alpha value is -2.26. The molecule has 3 nitrogen and oxygen atoms in total. The molecule has 0 aliphatic heterocycles. The van der Waals surface area contributed by atoms with Crippen LogP contribution in [0.25, 0.3) is 6.08 Å². The second-order valence-corrected chi connectivity index (χ2v) is 3.92. The van der Waals surface area contributed by atoms with Crippen molar-refractivity contribution < 1.29 is 15.3 Å². The Kier molecular flexibility index (Phi) is 3.65. The lowest BCUT2D eigenvalue weighted by Crippen LogP contribution is -1.94. The Labute approximate surface area is 105 Å². The minimum Gasteiger partial charge on any atom is -0.507 e. The zero-order valence-corrected chi connectivity index (χ0v) is 9.69. The number of aromatic hydroxyl groups is 2. The van der Waals surface area contributed by atoms with Crippen molar-refractivity contribution in [2.45, 2.75) is 6.10 Å². The summed E-state index contributed by atoms with van der Waals surface area (Å²) in [6.45, 7) is 0. The van der Waals surface area contributed by atoms with Gasteiger partial charge in [-0.15, -0.1) is 0 Å². The van der Waals surface area contributed by atoms with Crippen molar-refractivity contribution >= 4 is 6.08 Å². The maximum atomic E-state index is 9.94. The van der Waals surface area contributed by atoms with E-state index < -0.39 is 6.10 Å². The van der Waals surface area contributed by atoms with Crippen molar-refractivity contribution in [3.05, 3.63) is 65.7 Å². The average molecular weight is 242 g/mol. The minimum absolute atomic E-state index is 0.115. The molecule has 1 atom stereocenters. The van der Waals surface area contributed by atoms with E-state index in [9.17, 15) is 15.3 Å². The first kappa shape index (κ1) is 12.2. The third kappa shape index (κ3) is 2.70. The highest BCUT2D eigenvalue weighted by Gasteiger charge is 2.13. The van der Waals surface area contributed by atoms with E-state index in [1.54, 1.807) is 6.08 Å². The fraction of sp³-hybridized carbons (Fsp3) is 0.0667. The number of aliphatic hydroxyl groups excluding tert-OH is 1. The summed E-state index contributed by atoms with van der Waals surface area (Å²) in [6, 6.07) is 13.8. The van der Waals surface area contributed by atoms with Gasteiger partial charge in [0.2, 0.25) is 0 Å². The molecule has 3 N–H and O–H groups in total. The first-order valence-electron chi connectivity index (χ1n) is 5.60. The molecule has 0 aliphatic carbocycles. The Morgan fingerprint density at radius 1 is 0.833 bits per heavy atom. The predicted molar refractivity (Wildman–Crippen MR) is 70.2 cm³/mol. The van der Waals surface area contributed by atoms with Crippen LogP contribution in [0, 0.1) is 0 Å². The van der Waals surface area contributed by atoms with Crippen LogP contribution < -0.4 is 0 Å². The largest absolute Gasteiger partial charge is 0.507 e. The number of hydrogen-bond donors (Lipinski definition) is 3. The predicted octanol–water partition coefficient (Wildman–Crippen LogP) is 2.84. The number of phenolic OH excluding ortho intramolecular Hbond substituents is 2. The fourth-order valence-electron chi connectivity index (χ4n) is 1.71. The topological polar surface area (TPSA) is 60.7 Å². The van der Waals surface area contributed by atoms with Gasteiger partial charge in [-0.25, -0.2) is 0 Å². The Morgan fingerprint density at radius 2 is 1.44 bits per heavy atom. The van der Waals surface area contributed by atoms with Crippen LogP contribution in [0.4, 0.5) is 0 Å². The number of hydrogen-bond acceptors (Lipinski definition) is 3. The molecule has 0 saturated heterocycles. The number of phenols is 2. The monoisotopic (exact) mass is 242 g/mol. The molecule has 0 heterocycles. The molecular weight excluding hydrogens is 228 g/mol. The number of benzene rings is 2. The van der Waals surface area contributed by atoms with Gasteiger partial charge in [0.1, 0.15) is 17.6 Å². The molecule has 92 valence electrons. The van der Waals surface area contributed by atoms with Gasteiger partial charge in [0.05, 0.1) is 5.56 Å². The molecule has 0 aliphatic rings. The van der Waals surface area contributed by atoms with Crippen LogP contribution in [0.1, 0.15) is 17.2 Å². The first-order valence-corrected chi connectivity index (χ1v) is 5.60. The zero-order valence-electron chi connectivity index (χ0n) is 9.69. The lowest BCUT2D eigenvalue weighted by Gasteiger charge is -2.10. The van der Waals surface area contributed by atoms with Crippen LogP contribution in [0.5, 0.6) is 11.5 Å². The Balaban J connectivity index is 2.22. The molecule has 0 radical (unpaired) electrons. The van der Waals surface area contributed by atoms with Gasteiger partial charge in [-0.2, -0.15) is 0 Å². The van der Waals surface area contributed by atoms with Crippen LogP contribution in [0.15, 0.2) is 54.6 Å². The van der Waals surface area contributed by atoms with E-state index in [0.717, 1.165) is 5.56 Å². The summed E-state index contributed by atoms with van der Waals surface area (Å²) < 4.78 is 0. The first-order chi connectivity index (χ1) is 8.68. The number of aliphatic hydroxyl groups is 1. The summed E-state index contributed by atoms with van der Waals surface area (Å²) in [5, 5.41) is 29.1. The lowest BCUT2D eigenvalue weighted by atomic mass is 10.1. The molecule has 0 saturated carbocycles. The average Bonchev–Trinajstić information content (AvgIpc) is 2.37. The lowest BCUT2D eigenvalue weighted by molar-refractivity contribution is 0.219. The van der Waals surface area contributed by atoms with E-state index in [4.69, 9.17) is 0 Å². The maximum Gasteiger partial charge on any atom is 0.125 e. The van der Waals surface area contributed by atoms with Crippen LogP contribution >= 0.6 is 0 Å². The molecule has 3 heteroatoms. The van der Waals surface area contributed by atoms with Gasteiger partial charge < -0.3 is 15.3 Å². The molecule has 18 heavy (non-hydrogen) atoms. The molecular formula is C15H14O3. The molecule has 0 bridgehead atoms. The molecule has 1 unspecified atom stereocenters. The van der Waals surface area contributed by atoms with E-state index in [-0.39, 0.29) is 17.1 Å². The van der Waals surface area contributed by atoms with Crippen molar-refractivity contribution in [2.75, 3.05) is 0 Å². The maximum absolute atomic E-state index is 9.94. The SMILES string of the molecule is Oc1cccc(O)c1C(O)/C=C/c1ccccc1. The standard InChI is InChI=1S/C15H14O3/c16-12-7-4-8-13(17)15(12)14(18)10-9-11-5-2-1-3-6-11/h1-10,14,16-18H/b10-9+. The zero-order chi connectivity index (χ0) is 13.0. The molecule has 0 aromatic heterocycles. The van der Waals surface area contributed by atoms with Gasteiger partial charge in [0.25, 0.3) is 0 Å². The molecule has 0 fully saturated rings. The van der Waals surface area contributed by atoms with E-state index in [1.807, 2.05) is 30.3 Å². The highest BCUT2D eigenvalue weighted by Crippen LogP contribution is 2.33. The van der Waals surface area contributed by atoms with E-state index >= 15 is 0 Å². The fourth-order valence-corrected chi connectivity index (χ4v) is 1.71. The quantitative estimate of drug-likeness (QED) is 0.775. The smallest absolute Gasteiger partial charge is 0.125 e. The van der Waals surface area contributed by atoms with Gasteiger partial charge in [-0.05, 0) is 17.7 Å². The van der Waals surface area contributed by atoms with Crippen LogP contribution in [-0.2, 0) is 0 Å². The molecule has 0 amide bonds. The highest BCUT2D eigenvalue weighted by molar-refractivity contribution is 5.53. The second kappa shape index (κ2) is 5.38. The Bertz CT molecular complexity index is 527. The normalized spacial score (nSPS) is 12.7. The van der Waals surface area contributed by atoms with Crippen LogP contribution in [0.3, 0.4) is 0 Å². The Morgan fingerprint density at radius 3 is 2.06 bits per heavy atom. The summed E-state index contributed by atoms with van der Waals surface area (Å²) >= 11 is 0. The minimum atomic E-state index is -1.05. The third-order valence-corrected chi connectivity index (χ3v) is 2.63. The van der Waals surface area contributed by atoms with Gasteiger partial charge >= 0.3 is 0 Å². The summed E-state index contributed by atoms with van der Waals surface area (Å²) in [4.78, 5) is 0. The molecule has 2 aromatic carbocycles. The third-order valence-electron chi connectivity index (χ3n) is 2.63.